The lowest BCUT2D eigenvalue weighted by Gasteiger charge is -2.31. The molecular weight excluding hydrogens is 238 g/mol. The van der Waals surface area contributed by atoms with Gasteiger partial charge in [-0.3, -0.25) is 9.59 Å². The van der Waals surface area contributed by atoms with E-state index in [1.165, 1.54) is 0 Å². The lowest BCUT2D eigenvalue weighted by atomic mass is 9.93. The third kappa shape index (κ3) is 3.20. The third-order valence-electron chi connectivity index (χ3n) is 3.55. The molecule has 102 valence electrons. The number of ether oxygens (including phenoxy) is 2. The highest BCUT2D eigenvalue weighted by atomic mass is 16.6. The van der Waals surface area contributed by atoms with E-state index in [-0.39, 0.29) is 18.9 Å². The Kier molecular flexibility index (Phi) is 4.19. The Balaban J connectivity index is 1.95. The fourth-order valence-corrected chi connectivity index (χ4v) is 2.67. The van der Waals surface area contributed by atoms with Gasteiger partial charge in [-0.25, -0.2) is 0 Å². The number of hydrogen-bond donors (Lipinski definition) is 2. The molecule has 6 nitrogen and oxygen atoms in total. The molecule has 0 radical (unpaired) electrons. The molecule has 2 fully saturated rings. The second kappa shape index (κ2) is 5.67. The maximum Gasteiger partial charge on any atom is 0.305 e. The molecule has 1 saturated heterocycles. The van der Waals surface area contributed by atoms with Gasteiger partial charge in [-0.2, -0.15) is 0 Å². The van der Waals surface area contributed by atoms with Gasteiger partial charge in [-0.1, -0.05) is 12.8 Å². The minimum absolute atomic E-state index is 0.0215. The van der Waals surface area contributed by atoms with Gasteiger partial charge in [0.05, 0.1) is 31.8 Å². The summed E-state index contributed by atoms with van der Waals surface area (Å²) >= 11 is 0. The van der Waals surface area contributed by atoms with Crippen LogP contribution < -0.4 is 5.32 Å². The summed E-state index contributed by atoms with van der Waals surface area (Å²) in [5.41, 5.74) is -0.594. The van der Waals surface area contributed by atoms with Crippen LogP contribution in [-0.4, -0.2) is 48.4 Å². The van der Waals surface area contributed by atoms with E-state index in [0.29, 0.717) is 13.2 Å². The second-order valence-electron chi connectivity index (χ2n) is 4.98. The van der Waals surface area contributed by atoms with Crippen molar-refractivity contribution in [1.29, 1.82) is 0 Å². The molecule has 0 aromatic heterocycles. The topological polar surface area (TPSA) is 84.9 Å². The van der Waals surface area contributed by atoms with Crippen molar-refractivity contribution >= 4 is 11.9 Å². The number of nitrogens with one attached hydrogen (secondary N) is 1. The van der Waals surface area contributed by atoms with Crippen molar-refractivity contribution < 1.29 is 24.2 Å². The Labute approximate surface area is 106 Å². The van der Waals surface area contributed by atoms with Gasteiger partial charge in [0.2, 0.25) is 0 Å². The standard InChI is InChI=1S/C12H19NO5/c14-10(15)7-12(3-1-2-4-12)13-11(16)9-8-17-5-6-18-9/h9H,1-8H2,(H,13,16)(H,14,15). The smallest absolute Gasteiger partial charge is 0.305 e. The fraction of sp³-hybridized carbons (Fsp3) is 0.833. The van der Waals surface area contributed by atoms with Crippen LogP contribution in [0.15, 0.2) is 0 Å². The SMILES string of the molecule is O=C(O)CC1(NC(=O)C2COCCO2)CCCC1. The summed E-state index contributed by atoms with van der Waals surface area (Å²) in [6, 6.07) is 0. The average molecular weight is 257 g/mol. The highest BCUT2D eigenvalue weighted by Crippen LogP contribution is 2.32. The summed E-state index contributed by atoms with van der Waals surface area (Å²) in [7, 11) is 0. The van der Waals surface area contributed by atoms with E-state index in [4.69, 9.17) is 14.6 Å². The van der Waals surface area contributed by atoms with E-state index >= 15 is 0 Å². The van der Waals surface area contributed by atoms with E-state index in [1.807, 2.05) is 0 Å². The summed E-state index contributed by atoms with van der Waals surface area (Å²) in [5, 5.41) is 11.8. The first kappa shape index (κ1) is 13.3. The predicted molar refractivity (Wildman–Crippen MR) is 62.2 cm³/mol. The molecule has 0 aromatic rings. The average Bonchev–Trinajstić information content (AvgIpc) is 2.77. The van der Waals surface area contributed by atoms with Gasteiger partial charge < -0.3 is 19.9 Å². The molecule has 2 aliphatic rings. The Morgan fingerprint density at radius 1 is 1.28 bits per heavy atom. The van der Waals surface area contributed by atoms with Gasteiger partial charge in [-0.05, 0) is 12.8 Å². The van der Waals surface area contributed by atoms with Crippen LogP contribution in [0, 0.1) is 0 Å². The van der Waals surface area contributed by atoms with E-state index in [0.717, 1.165) is 25.7 Å². The molecule has 1 atom stereocenters. The number of aliphatic carboxylic acids is 1. The van der Waals surface area contributed by atoms with Crippen LogP contribution in [0.25, 0.3) is 0 Å². The van der Waals surface area contributed by atoms with E-state index in [9.17, 15) is 9.59 Å². The molecule has 0 spiro atoms. The lowest BCUT2D eigenvalue weighted by Crippen LogP contribution is -2.53. The molecule has 2 rings (SSSR count). The fourth-order valence-electron chi connectivity index (χ4n) is 2.67. The number of rotatable bonds is 4. The summed E-state index contributed by atoms with van der Waals surface area (Å²) in [4.78, 5) is 22.9. The van der Waals surface area contributed by atoms with Crippen molar-refractivity contribution in [1.82, 2.24) is 5.32 Å². The Hall–Kier alpha value is -1.14. The summed E-state index contributed by atoms with van der Waals surface area (Å²) in [6.45, 7) is 1.16. The molecular formula is C12H19NO5. The number of carbonyl (C=O) groups is 2. The molecule has 1 aliphatic carbocycles. The lowest BCUT2D eigenvalue weighted by molar-refractivity contribution is -0.150. The van der Waals surface area contributed by atoms with Crippen LogP contribution >= 0.6 is 0 Å². The quantitative estimate of drug-likeness (QED) is 0.757. The van der Waals surface area contributed by atoms with E-state index < -0.39 is 17.6 Å². The van der Waals surface area contributed by atoms with Gasteiger partial charge >= 0.3 is 5.97 Å². The predicted octanol–water partition coefficient (Wildman–Crippen LogP) is 0.305. The molecule has 6 heteroatoms. The first-order valence-electron chi connectivity index (χ1n) is 6.34. The largest absolute Gasteiger partial charge is 0.481 e. The number of carboxylic acids is 1. The van der Waals surface area contributed by atoms with Gasteiger partial charge in [0.15, 0.2) is 6.10 Å². The number of hydrogen-bond acceptors (Lipinski definition) is 4. The van der Waals surface area contributed by atoms with Crippen LogP contribution in [0.2, 0.25) is 0 Å². The number of carboxylic acid groups (broad SMARTS) is 1. The molecule has 1 amide bonds. The zero-order valence-corrected chi connectivity index (χ0v) is 10.3. The Morgan fingerprint density at radius 2 is 2.00 bits per heavy atom. The minimum Gasteiger partial charge on any atom is -0.481 e. The highest BCUT2D eigenvalue weighted by molar-refractivity contribution is 5.82. The molecule has 0 bridgehead atoms. The number of amides is 1. The molecule has 1 aliphatic heterocycles. The molecule has 1 unspecified atom stereocenters. The van der Waals surface area contributed by atoms with Crippen LogP contribution in [-0.2, 0) is 19.1 Å². The maximum atomic E-state index is 12.0. The molecule has 1 saturated carbocycles. The monoisotopic (exact) mass is 257 g/mol. The molecule has 1 heterocycles. The second-order valence-corrected chi connectivity index (χ2v) is 4.98. The first-order chi connectivity index (χ1) is 8.61. The zero-order chi connectivity index (χ0) is 13.0. The van der Waals surface area contributed by atoms with Gasteiger partial charge in [0, 0.05) is 0 Å². The van der Waals surface area contributed by atoms with Crippen molar-refractivity contribution in [3.63, 3.8) is 0 Å². The minimum atomic E-state index is -0.877. The normalized spacial score (nSPS) is 26.8. The van der Waals surface area contributed by atoms with Crippen molar-refractivity contribution in [3.05, 3.63) is 0 Å². The third-order valence-corrected chi connectivity index (χ3v) is 3.55. The van der Waals surface area contributed by atoms with Crippen LogP contribution in [0.3, 0.4) is 0 Å². The summed E-state index contributed by atoms with van der Waals surface area (Å²) < 4.78 is 10.5. The summed E-state index contributed by atoms with van der Waals surface area (Å²) in [6.07, 6.45) is 2.72. The van der Waals surface area contributed by atoms with Gasteiger partial charge in [0.25, 0.3) is 5.91 Å². The molecule has 2 N–H and O–H groups in total. The van der Waals surface area contributed by atoms with Crippen LogP contribution in [0.4, 0.5) is 0 Å². The first-order valence-corrected chi connectivity index (χ1v) is 6.34. The van der Waals surface area contributed by atoms with Crippen molar-refractivity contribution in [2.45, 2.75) is 43.7 Å². The van der Waals surface area contributed by atoms with Gasteiger partial charge in [0.1, 0.15) is 0 Å². The molecule has 18 heavy (non-hydrogen) atoms. The Bertz CT molecular complexity index is 318. The van der Waals surface area contributed by atoms with E-state index in [1.54, 1.807) is 0 Å². The van der Waals surface area contributed by atoms with Gasteiger partial charge in [-0.15, -0.1) is 0 Å². The van der Waals surface area contributed by atoms with E-state index in [2.05, 4.69) is 5.32 Å². The highest BCUT2D eigenvalue weighted by Gasteiger charge is 2.39. The zero-order valence-electron chi connectivity index (χ0n) is 10.3. The van der Waals surface area contributed by atoms with Crippen molar-refractivity contribution in [2.75, 3.05) is 19.8 Å². The van der Waals surface area contributed by atoms with Crippen LogP contribution in [0.1, 0.15) is 32.1 Å². The summed E-state index contributed by atoms with van der Waals surface area (Å²) in [5.74, 6) is -1.13. The maximum absolute atomic E-state index is 12.0. The van der Waals surface area contributed by atoms with Crippen molar-refractivity contribution in [2.24, 2.45) is 0 Å². The van der Waals surface area contributed by atoms with Crippen LogP contribution in [0.5, 0.6) is 0 Å². The number of carbonyl (C=O) groups excluding carboxylic acids is 1. The molecule has 0 aromatic carbocycles. The Morgan fingerprint density at radius 3 is 2.56 bits per heavy atom. The van der Waals surface area contributed by atoms with Crippen molar-refractivity contribution in [3.8, 4) is 0 Å².